The first-order chi connectivity index (χ1) is 11.8. The summed E-state index contributed by atoms with van der Waals surface area (Å²) < 4.78 is 19.2. The molecule has 1 saturated heterocycles. The van der Waals surface area contributed by atoms with Crippen LogP contribution in [-0.4, -0.2) is 34.3 Å². The van der Waals surface area contributed by atoms with E-state index in [0.29, 0.717) is 0 Å². The maximum Gasteiger partial charge on any atom is 0.123 e. The molecule has 24 heavy (non-hydrogen) atoms. The standard InChI is InChI=1S/C19H20FN3O/c20-16-5-3-14(4-6-16)12-23-9-1-2-18(13-23)24-17-7-8-19-15(10-17)11-21-22-19/h3-8,10-11,18H,1-2,9,12-13H2,(H,21,22). The molecule has 0 spiro atoms. The summed E-state index contributed by atoms with van der Waals surface area (Å²) in [7, 11) is 0. The van der Waals surface area contributed by atoms with Gasteiger partial charge in [-0.05, 0) is 55.3 Å². The van der Waals surface area contributed by atoms with Crippen molar-refractivity contribution in [3.8, 4) is 5.75 Å². The van der Waals surface area contributed by atoms with Gasteiger partial charge in [0.1, 0.15) is 17.7 Å². The number of benzene rings is 2. The van der Waals surface area contributed by atoms with Gasteiger partial charge in [-0.15, -0.1) is 0 Å². The van der Waals surface area contributed by atoms with Gasteiger partial charge in [0, 0.05) is 18.5 Å². The van der Waals surface area contributed by atoms with Gasteiger partial charge in [0.2, 0.25) is 0 Å². The number of hydrogen-bond donors (Lipinski definition) is 1. The van der Waals surface area contributed by atoms with Crippen molar-refractivity contribution in [2.45, 2.75) is 25.5 Å². The van der Waals surface area contributed by atoms with Gasteiger partial charge < -0.3 is 4.74 Å². The molecule has 1 atom stereocenters. The van der Waals surface area contributed by atoms with Crippen LogP contribution in [0.15, 0.2) is 48.7 Å². The molecule has 0 amide bonds. The molecule has 0 aliphatic carbocycles. The molecule has 1 aliphatic rings. The van der Waals surface area contributed by atoms with E-state index in [2.05, 4.69) is 15.1 Å². The topological polar surface area (TPSA) is 41.1 Å². The maximum absolute atomic E-state index is 13.0. The predicted octanol–water partition coefficient (Wildman–Crippen LogP) is 3.75. The van der Waals surface area contributed by atoms with E-state index < -0.39 is 0 Å². The summed E-state index contributed by atoms with van der Waals surface area (Å²) in [5, 5.41) is 8.05. The molecular formula is C19H20FN3O. The summed E-state index contributed by atoms with van der Waals surface area (Å²) in [6.07, 6.45) is 4.16. The van der Waals surface area contributed by atoms with Crippen LogP contribution in [0.25, 0.3) is 10.9 Å². The van der Waals surface area contributed by atoms with E-state index in [-0.39, 0.29) is 11.9 Å². The van der Waals surface area contributed by atoms with Crippen LogP contribution in [0.1, 0.15) is 18.4 Å². The molecule has 0 radical (unpaired) electrons. The molecule has 1 unspecified atom stereocenters. The van der Waals surface area contributed by atoms with Crippen LogP contribution in [0.3, 0.4) is 0 Å². The number of likely N-dealkylation sites (tertiary alicyclic amines) is 1. The first kappa shape index (κ1) is 15.1. The fraction of sp³-hybridized carbons (Fsp3) is 0.316. The highest BCUT2D eigenvalue weighted by Crippen LogP contribution is 2.23. The zero-order valence-electron chi connectivity index (χ0n) is 13.4. The number of rotatable bonds is 4. The number of ether oxygens (including phenoxy) is 1. The fourth-order valence-corrected chi connectivity index (χ4v) is 3.29. The summed E-state index contributed by atoms with van der Waals surface area (Å²) in [5.41, 5.74) is 2.15. The number of fused-ring (bicyclic) bond motifs is 1. The smallest absolute Gasteiger partial charge is 0.123 e. The first-order valence-electron chi connectivity index (χ1n) is 8.33. The molecule has 4 rings (SSSR count). The second kappa shape index (κ2) is 6.61. The van der Waals surface area contributed by atoms with Crippen LogP contribution in [0.2, 0.25) is 0 Å². The number of aromatic amines is 1. The first-order valence-corrected chi connectivity index (χ1v) is 8.33. The van der Waals surface area contributed by atoms with Gasteiger partial charge in [0.25, 0.3) is 0 Å². The molecule has 0 bridgehead atoms. The number of H-pyrrole nitrogens is 1. The molecule has 124 valence electrons. The van der Waals surface area contributed by atoms with E-state index in [1.165, 1.54) is 12.1 Å². The largest absolute Gasteiger partial charge is 0.489 e. The molecule has 1 aliphatic heterocycles. The van der Waals surface area contributed by atoms with Crippen LogP contribution in [0.5, 0.6) is 5.75 Å². The van der Waals surface area contributed by atoms with Crippen molar-refractivity contribution in [1.29, 1.82) is 0 Å². The summed E-state index contributed by atoms with van der Waals surface area (Å²) in [6, 6.07) is 12.8. The second-order valence-corrected chi connectivity index (χ2v) is 6.36. The van der Waals surface area contributed by atoms with E-state index in [0.717, 1.165) is 54.7 Å². The quantitative estimate of drug-likeness (QED) is 0.794. The molecular weight excluding hydrogens is 305 g/mol. The zero-order valence-corrected chi connectivity index (χ0v) is 13.4. The summed E-state index contributed by atoms with van der Waals surface area (Å²) >= 11 is 0. The molecule has 4 nitrogen and oxygen atoms in total. The second-order valence-electron chi connectivity index (χ2n) is 6.36. The lowest BCUT2D eigenvalue weighted by Gasteiger charge is -2.33. The summed E-state index contributed by atoms with van der Waals surface area (Å²) in [6.45, 7) is 2.78. The Morgan fingerprint density at radius 1 is 1.21 bits per heavy atom. The van der Waals surface area contributed by atoms with Gasteiger partial charge in [-0.1, -0.05) is 12.1 Å². The van der Waals surface area contributed by atoms with Crippen LogP contribution in [0, 0.1) is 5.82 Å². The Kier molecular flexibility index (Phi) is 4.17. The van der Waals surface area contributed by atoms with Gasteiger partial charge in [-0.25, -0.2) is 4.39 Å². The minimum atomic E-state index is -0.187. The molecule has 2 aromatic carbocycles. The third-order valence-corrected chi connectivity index (χ3v) is 4.50. The Balaban J connectivity index is 1.39. The van der Waals surface area contributed by atoms with E-state index in [1.54, 1.807) is 0 Å². The van der Waals surface area contributed by atoms with Crippen molar-refractivity contribution in [3.05, 3.63) is 60.0 Å². The van der Waals surface area contributed by atoms with E-state index >= 15 is 0 Å². The third kappa shape index (κ3) is 3.41. The van der Waals surface area contributed by atoms with Crippen molar-refractivity contribution in [1.82, 2.24) is 15.1 Å². The van der Waals surface area contributed by atoms with Crippen LogP contribution >= 0.6 is 0 Å². The Bertz CT molecular complexity index is 815. The molecule has 1 aromatic heterocycles. The predicted molar refractivity (Wildman–Crippen MR) is 91.4 cm³/mol. The van der Waals surface area contributed by atoms with Crippen molar-refractivity contribution in [2.75, 3.05) is 13.1 Å². The van der Waals surface area contributed by atoms with Crippen molar-refractivity contribution in [3.63, 3.8) is 0 Å². The number of nitrogens with zero attached hydrogens (tertiary/aromatic N) is 2. The van der Waals surface area contributed by atoms with Crippen molar-refractivity contribution < 1.29 is 9.13 Å². The molecule has 1 fully saturated rings. The van der Waals surface area contributed by atoms with Gasteiger partial charge in [-0.3, -0.25) is 10.00 Å². The van der Waals surface area contributed by atoms with Gasteiger partial charge in [0.05, 0.1) is 11.7 Å². The highest BCUT2D eigenvalue weighted by atomic mass is 19.1. The lowest BCUT2D eigenvalue weighted by molar-refractivity contribution is 0.0844. The third-order valence-electron chi connectivity index (χ3n) is 4.50. The minimum Gasteiger partial charge on any atom is -0.489 e. The molecule has 3 aromatic rings. The van der Waals surface area contributed by atoms with E-state index in [4.69, 9.17) is 4.74 Å². The molecule has 2 heterocycles. The number of aromatic nitrogens is 2. The number of halogens is 1. The Morgan fingerprint density at radius 3 is 2.96 bits per heavy atom. The van der Waals surface area contributed by atoms with Crippen molar-refractivity contribution in [2.24, 2.45) is 0 Å². The Morgan fingerprint density at radius 2 is 2.08 bits per heavy atom. The number of hydrogen-bond acceptors (Lipinski definition) is 3. The van der Waals surface area contributed by atoms with Crippen molar-refractivity contribution >= 4 is 10.9 Å². The summed E-state index contributed by atoms with van der Waals surface area (Å²) in [5.74, 6) is 0.700. The minimum absolute atomic E-state index is 0.184. The maximum atomic E-state index is 13.0. The zero-order chi connectivity index (χ0) is 16.4. The molecule has 1 N–H and O–H groups in total. The van der Waals surface area contributed by atoms with Crippen LogP contribution in [0.4, 0.5) is 4.39 Å². The fourth-order valence-electron chi connectivity index (χ4n) is 3.29. The number of piperidine rings is 1. The number of nitrogens with one attached hydrogen (secondary N) is 1. The van der Waals surface area contributed by atoms with E-state index in [1.807, 2.05) is 36.5 Å². The SMILES string of the molecule is Fc1ccc(CN2CCCC(Oc3ccc4[nH]ncc4c3)C2)cc1. The van der Waals surface area contributed by atoms with Crippen LogP contribution < -0.4 is 4.74 Å². The average Bonchev–Trinajstić information content (AvgIpc) is 3.05. The monoisotopic (exact) mass is 325 g/mol. The normalized spacial score (nSPS) is 18.8. The lowest BCUT2D eigenvalue weighted by Crippen LogP contribution is -2.40. The van der Waals surface area contributed by atoms with E-state index in [9.17, 15) is 4.39 Å². The highest BCUT2D eigenvalue weighted by molar-refractivity contribution is 5.79. The lowest BCUT2D eigenvalue weighted by atomic mass is 10.1. The average molecular weight is 325 g/mol. The molecule has 5 heteroatoms. The van der Waals surface area contributed by atoms with Gasteiger partial charge >= 0.3 is 0 Å². The summed E-state index contributed by atoms with van der Waals surface area (Å²) in [4.78, 5) is 2.37. The van der Waals surface area contributed by atoms with Crippen LogP contribution in [-0.2, 0) is 6.54 Å². The van der Waals surface area contributed by atoms with Gasteiger partial charge in [0.15, 0.2) is 0 Å². The highest BCUT2D eigenvalue weighted by Gasteiger charge is 2.21. The van der Waals surface area contributed by atoms with Gasteiger partial charge in [-0.2, -0.15) is 5.10 Å². The molecule has 0 saturated carbocycles. The Hall–Kier alpha value is -2.40. The Labute approximate surface area is 140 Å².